The number of hydrogen-bond acceptors (Lipinski definition) is 4. The third-order valence-electron chi connectivity index (χ3n) is 4.61. The van der Waals surface area contributed by atoms with Crippen molar-refractivity contribution >= 4 is 15.7 Å². The van der Waals surface area contributed by atoms with Gasteiger partial charge in [-0.3, -0.25) is 9.69 Å². The molecule has 0 radical (unpaired) electrons. The van der Waals surface area contributed by atoms with Crippen LogP contribution in [0, 0.1) is 0 Å². The van der Waals surface area contributed by atoms with Gasteiger partial charge in [-0.2, -0.15) is 0 Å². The van der Waals surface area contributed by atoms with E-state index in [1.165, 1.54) is 43.6 Å². The van der Waals surface area contributed by atoms with Gasteiger partial charge in [0.05, 0.1) is 4.90 Å². The number of benzene rings is 2. The first-order valence-corrected chi connectivity index (χ1v) is 10.7. The minimum atomic E-state index is -3.32. The molecule has 26 heavy (non-hydrogen) atoms. The monoisotopic (exact) mass is 372 g/mol. The second kappa shape index (κ2) is 8.01. The largest absolute Gasteiger partial charge is 0.348 e. The molecule has 5 nitrogen and oxygen atoms in total. The Morgan fingerprint density at radius 1 is 1.04 bits per heavy atom. The highest BCUT2D eigenvalue weighted by molar-refractivity contribution is 7.90. The third-order valence-corrected chi connectivity index (χ3v) is 5.72. The fourth-order valence-corrected chi connectivity index (χ4v) is 3.78. The minimum absolute atomic E-state index is 0.149. The Morgan fingerprint density at radius 3 is 2.35 bits per heavy atom. The van der Waals surface area contributed by atoms with Gasteiger partial charge in [-0.15, -0.1) is 0 Å². The second-order valence-electron chi connectivity index (χ2n) is 6.78. The average molecular weight is 372 g/mol. The highest BCUT2D eigenvalue weighted by Gasteiger charge is 2.13. The maximum atomic E-state index is 12.3. The summed E-state index contributed by atoms with van der Waals surface area (Å²) in [7, 11) is -3.32. The predicted octanol–water partition coefficient (Wildman–Crippen LogP) is 2.62. The molecule has 6 heteroatoms. The van der Waals surface area contributed by atoms with Crippen molar-refractivity contribution in [3.8, 4) is 0 Å². The first-order chi connectivity index (χ1) is 12.4. The molecule has 1 heterocycles. The summed E-state index contributed by atoms with van der Waals surface area (Å²) in [6, 6.07) is 14.3. The lowest BCUT2D eigenvalue weighted by molar-refractivity contribution is 0.0950. The predicted molar refractivity (Wildman–Crippen MR) is 102 cm³/mol. The van der Waals surface area contributed by atoms with Gasteiger partial charge in [0.15, 0.2) is 9.84 Å². The van der Waals surface area contributed by atoms with Crippen molar-refractivity contribution in [1.82, 2.24) is 10.2 Å². The molecule has 2 aromatic rings. The fourth-order valence-electron chi connectivity index (χ4n) is 3.11. The molecular weight excluding hydrogens is 348 g/mol. The van der Waals surface area contributed by atoms with Gasteiger partial charge in [0.25, 0.3) is 5.91 Å². The van der Waals surface area contributed by atoms with Gasteiger partial charge in [-0.1, -0.05) is 30.3 Å². The molecule has 1 aliphatic heterocycles. The number of carbonyl (C=O) groups excluding carboxylic acids is 1. The van der Waals surface area contributed by atoms with Gasteiger partial charge in [0.1, 0.15) is 0 Å². The van der Waals surface area contributed by atoms with E-state index in [1.54, 1.807) is 12.1 Å². The molecule has 1 saturated heterocycles. The van der Waals surface area contributed by atoms with Crippen LogP contribution in [0.2, 0.25) is 0 Å². The molecule has 1 fully saturated rings. The number of rotatable bonds is 6. The first-order valence-electron chi connectivity index (χ1n) is 8.80. The molecule has 0 aromatic heterocycles. The first kappa shape index (κ1) is 18.6. The van der Waals surface area contributed by atoms with Gasteiger partial charge in [0, 0.05) is 24.9 Å². The van der Waals surface area contributed by atoms with Crippen LogP contribution in [-0.2, 0) is 22.9 Å². The second-order valence-corrected chi connectivity index (χ2v) is 8.80. The zero-order valence-corrected chi connectivity index (χ0v) is 15.8. The summed E-state index contributed by atoms with van der Waals surface area (Å²) in [6.07, 6.45) is 3.70. The highest BCUT2D eigenvalue weighted by atomic mass is 32.2. The van der Waals surface area contributed by atoms with Crippen molar-refractivity contribution in [1.29, 1.82) is 0 Å². The number of nitrogens with zero attached hydrogens (tertiary/aromatic N) is 1. The number of nitrogens with one attached hydrogen (secondary N) is 1. The summed E-state index contributed by atoms with van der Waals surface area (Å²) in [5.74, 6) is -0.281. The molecule has 2 aromatic carbocycles. The van der Waals surface area contributed by atoms with Crippen LogP contribution in [0.3, 0.4) is 0 Å². The Morgan fingerprint density at radius 2 is 1.69 bits per heavy atom. The van der Waals surface area contributed by atoms with Gasteiger partial charge in [0.2, 0.25) is 0 Å². The van der Waals surface area contributed by atoms with E-state index in [4.69, 9.17) is 0 Å². The van der Waals surface area contributed by atoms with Gasteiger partial charge in [-0.25, -0.2) is 8.42 Å². The fraction of sp³-hybridized carbons (Fsp3) is 0.350. The maximum absolute atomic E-state index is 12.3. The summed E-state index contributed by atoms with van der Waals surface area (Å²) in [6.45, 7) is 3.73. The Labute approximate surface area is 154 Å². The molecule has 138 valence electrons. The van der Waals surface area contributed by atoms with E-state index in [2.05, 4.69) is 22.3 Å². The zero-order valence-electron chi connectivity index (χ0n) is 14.9. The quantitative estimate of drug-likeness (QED) is 0.846. The van der Waals surface area contributed by atoms with Crippen LogP contribution >= 0.6 is 0 Å². The van der Waals surface area contributed by atoms with E-state index in [0.717, 1.165) is 18.4 Å². The van der Waals surface area contributed by atoms with Gasteiger partial charge in [-0.05, 0) is 55.3 Å². The van der Waals surface area contributed by atoms with Crippen LogP contribution in [0.4, 0.5) is 0 Å². The van der Waals surface area contributed by atoms with Crippen LogP contribution in [0.15, 0.2) is 53.4 Å². The normalized spacial score (nSPS) is 15.1. The lowest BCUT2D eigenvalue weighted by Gasteiger charge is -2.14. The molecule has 0 aliphatic carbocycles. The molecule has 1 aliphatic rings. The van der Waals surface area contributed by atoms with E-state index in [1.807, 2.05) is 12.1 Å². The van der Waals surface area contributed by atoms with Crippen molar-refractivity contribution in [3.05, 3.63) is 65.2 Å². The Bertz CT molecular complexity index is 870. The Hall–Kier alpha value is -2.18. The van der Waals surface area contributed by atoms with Crippen LogP contribution < -0.4 is 5.32 Å². The van der Waals surface area contributed by atoms with Crippen LogP contribution in [-0.4, -0.2) is 38.6 Å². The number of likely N-dealkylation sites (tertiary alicyclic amines) is 1. The topological polar surface area (TPSA) is 66.5 Å². The van der Waals surface area contributed by atoms with Gasteiger partial charge < -0.3 is 5.32 Å². The standard InChI is InChI=1S/C20H24N2O3S/c1-26(24,25)19-6-4-5-18(13-19)20(23)21-14-16-7-9-17(10-8-16)15-22-11-2-3-12-22/h4-10,13H,2-3,11-12,14-15H2,1H3,(H,21,23). The molecular formula is C20H24N2O3S. The highest BCUT2D eigenvalue weighted by Crippen LogP contribution is 2.14. The van der Waals surface area contributed by atoms with Crippen molar-refractivity contribution in [2.75, 3.05) is 19.3 Å². The van der Waals surface area contributed by atoms with Crippen molar-refractivity contribution in [2.45, 2.75) is 30.8 Å². The molecule has 0 spiro atoms. The lowest BCUT2D eigenvalue weighted by atomic mass is 10.1. The van der Waals surface area contributed by atoms with Crippen molar-refractivity contribution in [2.24, 2.45) is 0 Å². The molecule has 0 atom stereocenters. The smallest absolute Gasteiger partial charge is 0.251 e. The molecule has 1 amide bonds. The SMILES string of the molecule is CS(=O)(=O)c1cccc(C(=O)NCc2ccc(CN3CCCC3)cc2)c1. The Kier molecular flexibility index (Phi) is 5.74. The molecule has 3 rings (SSSR count). The summed E-state index contributed by atoms with van der Waals surface area (Å²) >= 11 is 0. The number of sulfone groups is 1. The lowest BCUT2D eigenvalue weighted by Crippen LogP contribution is -2.23. The molecule has 0 saturated carbocycles. The van der Waals surface area contributed by atoms with Crippen LogP contribution in [0.25, 0.3) is 0 Å². The summed E-state index contributed by atoms with van der Waals surface area (Å²) in [4.78, 5) is 14.9. The summed E-state index contributed by atoms with van der Waals surface area (Å²) in [5.41, 5.74) is 2.64. The van der Waals surface area contributed by atoms with Crippen LogP contribution in [0.5, 0.6) is 0 Å². The van der Waals surface area contributed by atoms with Gasteiger partial charge >= 0.3 is 0 Å². The van der Waals surface area contributed by atoms with Crippen molar-refractivity contribution < 1.29 is 13.2 Å². The van der Waals surface area contributed by atoms with E-state index in [9.17, 15) is 13.2 Å². The molecule has 0 bridgehead atoms. The zero-order chi connectivity index (χ0) is 18.6. The number of carbonyl (C=O) groups is 1. The Balaban J connectivity index is 1.57. The van der Waals surface area contributed by atoms with E-state index in [-0.39, 0.29) is 10.8 Å². The average Bonchev–Trinajstić information content (AvgIpc) is 3.13. The maximum Gasteiger partial charge on any atom is 0.251 e. The third kappa shape index (κ3) is 4.93. The summed E-state index contributed by atoms with van der Waals surface area (Å²) in [5, 5.41) is 2.84. The van der Waals surface area contributed by atoms with Crippen molar-refractivity contribution in [3.63, 3.8) is 0 Å². The van der Waals surface area contributed by atoms with E-state index < -0.39 is 9.84 Å². The number of amides is 1. The minimum Gasteiger partial charge on any atom is -0.348 e. The molecule has 1 N–H and O–H groups in total. The van der Waals surface area contributed by atoms with E-state index in [0.29, 0.717) is 12.1 Å². The van der Waals surface area contributed by atoms with Crippen LogP contribution in [0.1, 0.15) is 34.3 Å². The number of hydrogen-bond donors (Lipinski definition) is 1. The molecule has 0 unspecified atom stereocenters. The summed E-state index contributed by atoms with van der Waals surface area (Å²) < 4.78 is 23.2. The van der Waals surface area contributed by atoms with E-state index >= 15 is 0 Å².